The second-order valence-corrected chi connectivity index (χ2v) is 2.18. The lowest BCUT2D eigenvalue weighted by atomic mass is 10.4. The van der Waals surface area contributed by atoms with Gasteiger partial charge in [-0.05, 0) is 6.92 Å². The zero-order chi connectivity index (χ0) is 8.15. The van der Waals surface area contributed by atoms with Gasteiger partial charge < -0.3 is 10.0 Å². The van der Waals surface area contributed by atoms with Crippen LogP contribution in [0.25, 0.3) is 0 Å². The molecule has 0 fully saturated rings. The summed E-state index contributed by atoms with van der Waals surface area (Å²) in [6.07, 6.45) is -0.526. The summed E-state index contributed by atoms with van der Waals surface area (Å²) in [4.78, 5) is 11.9. The molecule has 5 heteroatoms. The molecule has 60 valence electrons. The van der Waals surface area contributed by atoms with Crippen LogP contribution in [0.5, 0.6) is 0 Å². The van der Waals surface area contributed by atoms with Crippen LogP contribution in [0.3, 0.4) is 0 Å². The number of carbonyl (C=O) groups excluding carboxylic acids is 1. The first-order chi connectivity index (χ1) is 4.57. The lowest BCUT2D eigenvalue weighted by molar-refractivity contribution is 0.144. The first-order valence-electron chi connectivity index (χ1n) is 2.97. The van der Waals surface area contributed by atoms with Crippen molar-refractivity contribution in [3.05, 3.63) is 0 Å². The average Bonchev–Trinajstić information content (AvgIpc) is 1.85. The Morgan fingerprint density at radius 2 is 2.40 bits per heavy atom. The lowest BCUT2D eigenvalue weighted by Gasteiger charge is -2.17. The predicted octanol–water partition coefficient (Wildman–Crippen LogP) is -1.12. The number of hydrazine groups is 1. The van der Waals surface area contributed by atoms with Gasteiger partial charge in [-0.2, -0.15) is 0 Å². The quantitative estimate of drug-likeness (QED) is 0.263. The molecule has 0 aromatic heterocycles. The number of carbonyl (C=O) groups is 1. The van der Waals surface area contributed by atoms with E-state index in [0.29, 0.717) is 0 Å². The van der Waals surface area contributed by atoms with Crippen molar-refractivity contribution in [2.75, 3.05) is 13.6 Å². The molecular formula is C5H13N3O2. The van der Waals surface area contributed by atoms with Gasteiger partial charge in [0.2, 0.25) is 0 Å². The Morgan fingerprint density at radius 1 is 1.90 bits per heavy atom. The number of hydrogen-bond donors (Lipinski definition) is 3. The minimum atomic E-state index is -0.526. The van der Waals surface area contributed by atoms with E-state index in [2.05, 4.69) is 0 Å². The molecule has 0 radical (unpaired) electrons. The van der Waals surface area contributed by atoms with E-state index in [1.807, 2.05) is 5.43 Å². The molecule has 0 bridgehead atoms. The normalized spacial score (nSPS) is 12.4. The molecule has 10 heavy (non-hydrogen) atoms. The van der Waals surface area contributed by atoms with Crippen LogP contribution in [0.4, 0.5) is 4.79 Å². The minimum absolute atomic E-state index is 0.281. The number of rotatable bonds is 2. The molecule has 0 aliphatic rings. The molecular weight excluding hydrogens is 134 g/mol. The van der Waals surface area contributed by atoms with Crippen LogP contribution in [0.15, 0.2) is 0 Å². The van der Waals surface area contributed by atoms with Gasteiger partial charge in [0.05, 0.1) is 6.10 Å². The number of nitrogens with one attached hydrogen (secondary N) is 1. The molecule has 0 aromatic carbocycles. The Hall–Kier alpha value is -0.810. The molecule has 1 unspecified atom stereocenters. The Balaban J connectivity index is 3.61. The number of nitrogens with two attached hydrogens (primary N) is 1. The van der Waals surface area contributed by atoms with Gasteiger partial charge in [0, 0.05) is 13.6 Å². The van der Waals surface area contributed by atoms with Gasteiger partial charge in [-0.1, -0.05) is 0 Å². The van der Waals surface area contributed by atoms with Gasteiger partial charge in [0.25, 0.3) is 0 Å². The fourth-order valence-corrected chi connectivity index (χ4v) is 0.589. The molecule has 0 heterocycles. The van der Waals surface area contributed by atoms with Crippen LogP contribution in [0, 0.1) is 0 Å². The van der Waals surface area contributed by atoms with Crippen molar-refractivity contribution in [1.29, 1.82) is 0 Å². The van der Waals surface area contributed by atoms with E-state index in [0.717, 1.165) is 0 Å². The predicted molar refractivity (Wildman–Crippen MR) is 37.0 cm³/mol. The maximum absolute atomic E-state index is 10.6. The zero-order valence-corrected chi connectivity index (χ0v) is 6.16. The molecule has 5 nitrogen and oxygen atoms in total. The second kappa shape index (κ2) is 4.08. The highest BCUT2D eigenvalue weighted by molar-refractivity contribution is 5.73. The van der Waals surface area contributed by atoms with Crippen molar-refractivity contribution >= 4 is 6.03 Å². The summed E-state index contributed by atoms with van der Waals surface area (Å²) in [5.41, 5.74) is 1.95. The maximum Gasteiger partial charge on any atom is 0.331 e. The molecule has 2 amide bonds. The smallest absolute Gasteiger partial charge is 0.331 e. The molecule has 0 aliphatic carbocycles. The average molecular weight is 147 g/mol. The van der Waals surface area contributed by atoms with Gasteiger partial charge in [-0.25, -0.2) is 10.6 Å². The summed E-state index contributed by atoms with van der Waals surface area (Å²) >= 11 is 0. The van der Waals surface area contributed by atoms with E-state index in [-0.39, 0.29) is 6.54 Å². The Bertz CT molecular complexity index is 115. The first-order valence-corrected chi connectivity index (χ1v) is 2.97. The van der Waals surface area contributed by atoms with E-state index in [1.54, 1.807) is 14.0 Å². The number of hydrogen-bond acceptors (Lipinski definition) is 3. The number of amides is 2. The van der Waals surface area contributed by atoms with Gasteiger partial charge in [-0.15, -0.1) is 0 Å². The SMILES string of the molecule is CC(O)CN(C)C(=O)NN. The molecule has 0 saturated heterocycles. The van der Waals surface area contributed by atoms with E-state index >= 15 is 0 Å². The highest BCUT2D eigenvalue weighted by atomic mass is 16.3. The second-order valence-electron chi connectivity index (χ2n) is 2.18. The molecule has 0 saturated carbocycles. The van der Waals surface area contributed by atoms with Crippen molar-refractivity contribution in [1.82, 2.24) is 10.3 Å². The monoisotopic (exact) mass is 147 g/mol. The standard InChI is InChI=1S/C5H13N3O2/c1-4(9)3-8(2)5(10)7-6/h4,9H,3,6H2,1-2H3,(H,7,10). The van der Waals surface area contributed by atoms with Crippen LogP contribution in [0.1, 0.15) is 6.92 Å². The van der Waals surface area contributed by atoms with Crippen molar-refractivity contribution in [2.45, 2.75) is 13.0 Å². The summed E-state index contributed by atoms with van der Waals surface area (Å²) in [5.74, 6) is 4.83. The van der Waals surface area contributed by atoms with Gasteiger partial charge in [0.15, 0.2) is 0 Å². The van der Waals surface area contributed by atoms with Crippen molar-refractivity contribution in [2.24, 2.45) is 5.84 Å². The summed E-state index contributed by atoms with van der Waals surface area (Å²) < 4.78 is 0. The summed E-state index contributed by atoms with van der Waals surface area (Å²) in [6, 6.07) is -0.402. The maximum atomic E-state index is 10.6. The highest BCUT2D eigenvalue weighted by Crippen LogP contribution is 1.86. The third-order valence-corrected chi connectivity index (χ3v) is 1.01. The van der Waals surface area contributed by atoms with Gasteiger partial charge in [-0.3, -0.25) is 5.43 Å². The van der Waals surface area contributed by atoms with Crippen molar-refractivity contribution in [3.8, 4) is 0 Å². The molecule has 0 aromatic rings. The zero-order valence-electron chi connectivity index (χ0n) is 6.16. The van der Waals surface area contributed by atoms with Crippen LogP contribution >= 0.6 is 0 Å². The number of likely N-dealkylation sites (N-methyl/N-ethyl adjacent to an activating group) is 1. The number of urea groups is 1. The highest BCUT2D eigenvalue weighted by Gasteiger charge is 2.07. The molecule has 1 atom stereocenters. The summed E-state index contributed by atoms with van der Waals surface area (Å²) in [7, 11) is 1.55. The summed E-state index contributed by atoms with van der Waals surface area (Å²) in [5, 5.41) is 8.80. The minimum Gasteiger partial charge on any atom is -0.392 e. The van der Waals surface area contributed by atoms with E-state index in [1.165, 1.54) is 4.90 Å². The molecule has 0 rings (SSSR count). The number of aliphatic hydroxyl groups excluding tert-OH is 1. The Morgan fingerprint density at radius 3 is 2.70 bits per heavy atom. The Kier molecular flexibility index (Phi) is 3.75. The van der Waals surface area contributed by atoms with Crippen LogP contribution < -0.4 is 11.3 Å². The molecule has 4 N–H and O–H groups in total. The third kappa shape index (κ3) is 3.26. The van der Waals surface area contributed by atoms with Crippen LogP contribution in [-0.2, 0) is 0 Å². The van der Waals surface area contributed by atoms with Crippen molar-refractivity contribution < 1.29 is 9.90 Å². The largest absolute Gasteiger partial charge is 0.392 e. The topological polar surface area (TPSA) is 78.6 Å². The number of aliphatic hydroxyl groups is 1. The fraction of sp³-hybridized carbons (Fsp3) is 0.800. The van der Waals surface area contributed by atoms with Gasteiger partial charge in [0.1, 0.15) is 0 Å². The van der Waals surface area contributed by atoms with Crippen LogP contribution in [0.2, 0.25) is 0 Å². The summed E-state index contributed by atoms with van der Waals surface area (Å²) in [6.45, 7) is 1.88. The van der Waals surface area contributed by atoms with Crippen LogP contribution in [-0.4, -0.2) is 35.7 Å². The Labute approximate surface area is 59.8 Å². The first kappa shape index (κ1) is 9.19. The van der Waals surface area contributed by atoms with Crippen molar-refractivity contribution in [3.63, 3.8) is 0 Å². The molecule has 0 aliphatic heterocycles. The molecule has 0 spiro atoms. The third-order valence-electron chi connectivity index (χ3n) is 1.01. The van der Waals surface area contributed by atoms with E-state index in [4.69, 9.17) is 10.9 Å². The lowest BCUT2D eigenvalue weighted by Crippen LogP contribution is -2.43. The number of nitrogens with zero attached hydrogens (tertiary/aromatic N) is 1. The van der Waals surface area contributed by atoms with E-state index < -0.39 is 12.1 Å². The van der Waals surface area contributed by atoms with E-state index in [9.17, 15) is 4.79 Å². The van der Waals surface area contributed by atoms with Gasteiger partial charge >= 0.3 is 6.03 Å². The fourth-order valence-electron chi connectivity index (χ4n) is 0.589.